The summed E-state index contributed by atoms with van der Waals surface area (Å²) in [5, 5.41) is 9.61. The standard InChI is InChI=1S/C23H32N2O.2C22H32N2O.3H2/c1-16(26)24-21-15-23(20-5-3-2-4-19(20)21)10-12-25(13-11-23)22-14-17-6-8-18(22)9-7-17;2*1-17(25)23-21-16-22(20-11-7-6-10-19(20)21)12-14-24(15-13-22)18-8-4-2-3-5-9-18;;;/h2-5,17-18,21-22H,6-15H2,1H3,(H,24,26);2*6-7,10-11,18,21H,2-5,8-9,12-16H2,1H3,(H,23,25);3*1H/t17?,18?,21-,22+;21-;;;;/m00..../s1. The molecule has 3 amide bonds. The normalized spacial score (nSPS) is 29.9. The first-order chi connectivity index (χ1) is 37.0. The van der Waals surface area contributed by atoms with Crippen LogP contribution in [0.4, 0.5) is 0 Å². The molecular weight excluding hydrogens is 937 g/mol. The number of benzene rings is 3. The fourth-order valence-electron chi connectivity index (χ4n) is 18.2. The number of hydrogen-bond acceptors (Lipinski definition) is 6. The molecule has 1 unspecified atom stereocenters. The molecule has 2 bridgehead atoms. The SMILES string of the molecule is CC(=O)NC1CC2(CCN(C3CCCCCC3)CC2)c2ccccc21.CC(=O)N[C@H]1CC2(CCN(C3CCCCCC3)CC2)c2ccccc21.CC(=O)N[C@H]1CC2(CCN([C@@H]3CC4CCC3CC4)CC2)c2ccccc21.[HH].[HH].[HH]. The molecule has 3 N–H and O–H groups in total. The van der Waals surface area contributed by atoms with Crippen LogP contribution < -0.4 is 16.0 Å². The van der Waals surface area contributed by atoms with E-state index in [1.54, 1.807) is 20.8 Å². The third kappa shape index (κ3) is 11.5. The summed E-state index contributed by atoms with van der Waals surface area (Å²) in [5.74, 6) is 2.26. The number of fused-ring (bicyclic) bond motifs is 9. The zero-order valence-electron chi connectivity index (χ0n) is 47.2. The first kappa shape index (κ1) is 53.9. The van der Waals surface area contributed by atoms with Gasteiger partial charge in [0.2, 0.25) is 17.7 Å². The molecule has 3 heterocycles. The Kier molecular flexibility index (Phi) is 16.8. The van der Waals surface area contributed by atoms with Crippen molar-refractivity contribution in [2.75, 3.05) is 39.3 Å². The number of likely N-dealkylation sites (tertiary alicyclic amines) is 3. The van der Waals surface area contributed by atoms with E-state index in [1.807, 2.05) is 0 Å². The van der Waals surface area contributed by atoms with E-state index in [1.165, 1.54) is 220 Å². The number of nitrogens with zero attached hydrogens (tertiary/aromatic N) is 3. The highest BCUT2D eigenvalue weighted by molar-refractivity contribution is 5.75. The highest BCUT2D eigenvalue weighted by Gasteiger charge is 2.50. The lowest BCUT2D eigenvalue weighted by Crippen LogP contribution is -2.52. The van der Waals surface area contributed by atoms with E-state index in [9.17, 15) is 14.4 Å². The molecule has 9 heteroatoms. The van der Waals surface area contributed by atoms with Crippen LogP contribution in [0.25, 0.3) is 0 Å². The number of carbonyl (C=O) groups excluding carboxylic acids is 3. The second-order valence-corrected chi connectivity index (χ2v) is 26.5. The molecule has 3 saturated heterocycles. The average Bonchev–Trinajstić information content (AvgIpc) is 3.93. The molecule has 0 aromatic heterocycles. The van der Waals surface area contributed by atoms with Gasteiger partial charge in [-0.2, -0.15) is 0 Å². The number of hydrogen-bond donors (Lipinski definition) is 3. The maximum atomic E-state index is 11.7. The van der Waals surface area contributed by atoms with Crippen LogP contribution in [-0.2, 0) is 30.6 Å². The Hall–Kier alpha value is -4.05. The average molecular weight is 1040 g/mol. The summed E-state index contributed by atoms with van der Waals surface area (Å²) in [6.45, 7) is 12.3. The smallest absolute Gasteiger partial charge is 0.217 e. The Morgan fingerprint density at radius 3 is 1.04 bits per heavy atom. The molecule has 9 nitrogen and oxygen atoms in total. The molecule has 5 saturated carbocycles. The number of carbonyl (C=O) groups is 3. The van der Waals surface area contributed by atoms with Crippen molar-refractivity contribution in [3.05, 3.63) is 106 Å². The fourth-order valence-corrected chi connectivity index (χ4v) is 18.2. The quantitative estimate of drug-likeness (QED) is 0.213. The Labute approximate surface area is 462 Å². The molecule has 418 valence electrons. The predicted molar refractivity (Wildman–Crippen MR) is 313 cm³/mol. The van der Waals surface area contributed by atoms with Crippen LogP contribution in [0.3, 0.4) is 0 Å². The van der Waals surface area contributed by atoms with Gasteiger partial charge in [0.05, 0.1) is 18.1 Å². The van der Waals surface area contributed by atoms with Gasteiger partial charge in [0, 0.05) is 59.4 Å². The van der Waals surface area contributed by atoms with Gasteiger partial charge in [-0.3, -0.25) is 14.4 Å². The summed E-state index contributed by atoms with van der Waals surface area (Å²) in [7, 11) is 0. The van der Waals surface area contributed by atoms with Gasteiger partial charge in [-0.1, -0.05) is 137 Å². The lowest BCUT2D eigenvalue weighted by molar-refractivity contribution is -0.120. The van der Waals surface area contributed by atoms with E-state index in [4.69, 9.17) is 0 Å². The summed E-state index contributed by atoms with van der Waals surface area (Å²) < 4.78 is 0. The molecule has 8 aliphatic carbocycles. The molecule has 3 aromatic carbocycles. The van der Waals surface area contributed by atoms with Crippen molar-refractivity contribution >= 4 is 17.7 Å². The monoisotopic (exact) mass is 1040 g/mol. The van der Waals surface area contributed by atoms with Gasteiger partial charge >= 0.3 is 0 Å². The second-order valence-electron chi connectivity index (χ2n) is 26.5. The third-order valence-electron chi connectivity index (χ3n) is 22.1. The Morgan fingerprint density at radius 2 is 0.737 bits per heavy atom. The lowest BCUT2D eigenvalue weighted by Gasteiger charge is -2.51. The Bertz CT molecular complexity index is 2350. The highest BCUT2D eigenvalue weighted by Crippen LogP contribution is 2.55. The summed E-state index contributed by atoms with van der Waals surface area (Å²) >= 11 is 0. The molecule has 8 fully saturated rings. The number of amides is 3. The van der Waals surface area contributed by atoms with Crippen LogP contribution in [0, 0.1) is 11.8 Å². The molecule has 0 radical (unpaired) electrons. The number of piperidine rings is 3. The molecule has 3 aliphatic heterocycles. The summed E-state index contributed by atoms with van der Waals surface area (Å²) in [6.07, 6.45) is 35.2. The van der Waals surface area contributed by atoms with Crippen LogP contribution in [0.15, 0.2) is 72.8 Å². The summed E-state index contributed by atoms with van der Waals surface area (Å²) in [4.78, 5) is 43.4. The van der Waals surface area contributed by atoms with E-state index in [0.717, 1.165) is 49.2 Å². The van der Waals surface area contributed by atoms with Crippen molar-refractivity contribution < 1.29 is 18.7 Å². The van der Waals surface area contributed by atoms with E-state index >= 15 is 0 Å². The minimum Gasteiger partial charge on any atom is -0.349 e. The zero-order chi connectivity index (χ0) is 52.3. The lowest BCUT2D eigenvalue weighted by atomic mass is 9.66. The molecular formula is C67H102N6O3. The maximum Gasteiger partial charge on any atom is 0.217 e. The highest BCUT2D eigenvalue weighted by atomic mass is 16.2. The number of rotatable bonds is 6. The van der Waals surface area contributed by atoms with Crippen molar-refractivity contribution in [2.24, 2.45) is 11.8 Å². The minimum atomic E-state index is 0. The molecule has 4 atom stereocenters. The topological polar surface area (TPSA) is 97.0 Å². The Morgan fingerprint density at radius 1 is 0.421 bits per heavy atom. The van der Waals surface area contributed by atoms with Crippen LogP contribution in [0.2, 0.25) is 0 Å². The Balaban J connectivity index is 0.000000153. The maximum absolute atomic E-state index is 11.7. The van der Waals surface area contributed by atoms with Crippen molar-refractivity contribution in [3.8, 4) is 0 Å². The summed E-state index contributed by atoms with van der Waals surface area (Å²) in [5.41, 5.74) is 9.48. The van der Waals surface area contributed by atoms with Crippen LogP contribution in [0.1, 0.15) is 243 Å². The molecule has 11 aliphatic rings. The van der Waals surface area contributed by atoms with Gasteiger partial charge in [0.15, 0.2) is 0 Å². The van der Waals surface area contributed by atoms with Crippen molar-refractivity contribution in [3.63, 3.8) is 0 Å². The largest absolute Gasteiger partial charge is 0.349 e. The predicted octanol–water partition coefficient (Wildman–Crippen LogP) is 13.6. The molecule has 3 spiro atoms. The van der Waals surface area contributed by atoms with Gasteiger partial charge in [0.25, 0.3) is 0 Å². The fraction of sp³-hybridized carbons (Fsp3) is 0.687. The molecule has 76 heavy (non-hydrogen) atoms. The van der Waals surface area contributed by atoms with Crippen molar-refractivity contribution in [1.82, 2.24) is 30.7 Å². The van der Waals surface area contributed by atoms with Gasteiger partial charge in [-0.15, -0.1) is 0 Å². The minimum absolute atomic E-state index is 0. The van der Waals surface area contributed by atoms with Crippen molar-refractivity contribution in [1.29, 1.82) is 0 Å². The third-order valence-corrected chi connectivity index (χ3v) is 22.1. The second kappa shape index (κ2) is 23.7. The van der Waals surface area contributed by atoms with Crippen LogP contribution in [-0.4, -0.2) is 89.8 Å². The van der Waals surface area contributed by atoms with E-state index < -0.39 is 0 Å². The van der Waals surface area contributed by atoms with Gasteiger partial charge in [-0.05, 0) is 187 Å². The number of nitrogens with one attached hydrogen (secondary N) is 3. The molecule has 3 aromatic rings. The van der Waals surface area contributed by atoms with Gasteiger partial charge < -0.3 is 30.7 Å². The first-order valence-corrected chi connectivity index (χ1v) is 31.3. The van der Waals surface area contributed by atoms with E-state index in [-0.39, 0.29) is 56.4 Å². The van der Waals surface area contributed by atoms with Gasteiger partial charge in [-0.25, -0.2) is 0 Å². The van der Waals surface area contributed by atoms with Crippen LogP contribution in [0.5, 0.6) is 0 Å². The molecule has 14 rings (SSSR count). The summed E-state index contributed by atoms with van der Waals surface area (Å²) in [6, 6.07) is 29.7. The zero-order valence-corrected chi connectivity index (χ0v) is 47.2. The van der Waals surface area contributed by atoms with Crippen LogP contribution >= 0.6 is 0 Å². The van der Waals surface area contributed by atoms with Gasteiger partial charge in [0.1, 0.15) is 0 Å². The van der Waals surface area contributed by atoms with E-state index in [0.29, 0.717) is 0 Å². The van der Waals surface area contributed by atoms with Crippen molar-refractivity contribution in [2.45, 2.75) is 240 Å². The first-order valence-electron chi connectivity index (χ1n) is 31.3. The van der Waals surface area contributed by atoms with E-state index in [2.05, 4.69) is 103 Å².